The van der Waals surface area contributed by atoms with E-state index in [1.165, 1.54) is 0 Å². The van der Waals surface area contributed by atoms with Crippen LogP contribution in [0.1, 0.15) is 139 Å². The van der Waals surface area contributed by atoms with Crippen LogP contribution in [0.15, 0.2) is 163 Å². The molecule has 368 valence electrons. The number of benzene rings is 8. The number of hydrogen-bond acceptors (Lipinski definition) is 2. The monoisotopic (exact) mass is 981 g/mol. The fraction of sp³-hybridized carbons (Fsp3) is 0.314. The van der Waals surface area contributed by atoms with Gasteiger partial charge in [-0.2, -0.15) is 0 Å². The van der Waals surface area contributed by atoms with Gasteiger partial charge in [0.15, 0.2) is 0 Å². The summed E-state index contributed by atoms with van der Waals surface area (Å²) in [5, 5.41) is 0.449. The molecule has 4 bridgehead atoms. The molecular weight excluding hydrogens is 896 g/mol. The minimum atomic E-state index is -0.815. The highest BCUT2D eigenvalue weighted by atomic mass is 16.5. The molecule has 1 aromatic heterocycles. The van der Waals surface area contributed by atoms with Crippen molar-refractivity contribution in [2.75, 3.05) is 4.90 Å². The van der Waals surface area contributed by atoms with Gasteiger partial charge in [0.05, 0.1) is 33.0 Å². The van der Waals surface area contributed by atoms with Crippen molar-refractivity contribution in [2.45, 2.75) is 123 Å². The first-order valence-corrected chi connectivity index (χ1v) is 26.5. The second-order valence-electron chi connectivity index (χ2n) is 25.2. The summed E-state index contributed by atoms with van der Waals surface area (Å²) in [6, 6.07) is 15.3. The third-order valence-corrected chi connectivity index (χ3v) is 17.0. The van der Waals surface area contributed by atoms with Crippen molar-refractivity contribution in [1.29, 1.82) is 0 Å². The van der Waals surface area contributed by atoms with E-state index < -0.39 is 83.5 Å². The van der Waals surface area contributed by atoms with Gasteiger partial charge in [0, 0.05) is 33.4 Å². The van der Waals surface area contributed by atoms with Crippen LogP contribution in [-0.4, -0.2) is 16.8 Å². The van der Waals surface area contributed by atoms with Crippen LogP contribution >= 0.6 is 0 Å². The lowest BCUT2D eigenvalue weighted by molar-refractivity contribution is 0.000634. The summed E-state index contributed by atoms with van der Waals surface area (Å²) >= 11 is 0. The summed E-state index contributed by atoms with van der Waals surface area (Å²) in [7, 11) is 0. The number of rotatable bonds is 5. The smallest absolute Gasteiger partial charge is 0.256 e. The number of hydrogen-bond donors (Lipinski definition) is 0. The minimum Gasteiger partial charge on any atom is -0.458 e. The summed E-state index contributed by atoms with van der Waals surface area (Å²) in [6.07, 6.45) is 5.85. The average molecular weight is 981 g/mol. The van der Waals surface area contributed by atoms with Gasteiger partial charge in [-0.3, -0.25) is 0 Å². The van der Waals surface area contributed by atoms with E-state index in [0.29, 0.717) is 62.7 Å². The first kappa shape index (κ1) is 31.8. The lowest BCUT2D eigenvalue weighted by Gasteiger charge is -2.62. The first-order chi connectivity index (χ1) is 42.1. The quantitative estimate of drug-likeness (QED) is 0.160. The third-order valence-electron chi connectivity index (χ3n) is 17.0. The van der Waals surface area contributed by atoms with E-state index in [9.17, 15) is 13.7 Å². The Hall–Kier alpha value is -6.78. The fourth-order valence-corrected chi connectivity index (χ4v) is 13.9. The zero-order valence-corrected chi connectivity index (χ0v) is 43.7. The summed E-state index contributed by atoms with van der Waals surface area (Å²) in [4.78, 5) is 2.44. The predicted octanol–water partition coefficient (Wildman–Crippen LogP) is 16.7. The highest BCUT2D eigenvalue weighted by Gasteiger charge is 2.57. The Balaban J connectivity index is 1.15. The summed E-state index contributed by atoms with van der Waals surface area (Å²) in [5.41, 5.74) is 5.24. The summed E-state index contributed by atoms with van der Waals surface area (Å²) in [5.74, 6) is 2.22. The maximum Gasteiger partial charge on any atom is 0.256 e. The first-order valence-electron chi connectivity index (χ1n) is 34.5. The van der Waals surface area contributed by atoms with E-state index in [1.54, 1.807) is 16.7 Å². The molecule has 0 N–H and O–H groups in total. The van der Waals surface area contributed by atoms with Gasteiger partial charge in [-0.15, -0.1) is 0 Å². The molecule has 4 heteroatoms. The van der Waals surface area contributed by atoms with E-state index in [1.807, 2.05) is 59.7 Å². The van der Waals surface area contributed by atoms with E-state index in [2.05, 4.69) is 62.1 Å². The molecule has 0 unspecified atom stereocenters. The van der Waals surface area contributed by atoms with Crippen LogP contribution in [0.2, 0.25) is 0 Å². The second-order valence-corrected chi connectivity index (χ2v) is 25.2. The van der Waals surface area contributed by atoms with Crippen molar-refractivity contribution in [1.82, 2.24) is 4.57 Å². The standard InChI is InChI=1S/C70H69BN2O/c1-67(2,3)50-22-20-46(21-23-50)49-33-63-66-65(34-49)74-64-29-26-53(72-60-27-24-51(68(4,5)6)35-56(60)57-36-52(69(7,8)9)25-28-61(57)72)37-59(64)71(66)58-38-54(47-16-12-10-13-17-47)55(48-18-14-11-15-19-48)39-62(58)73(63)70-40-43-30-44(41-70)32-45(31-43)42-70/h10-29,33-39,43-45H,30-32,40-42H2,1-9H3/i10D,11D,12D,13D,14D,15D,16D,17D,18D,19D,24D,25D,27D,28D,35D,36D. The van der Waals surface area contributed by atoms with Gasteiger partial charge in [-0.25, -0.2) is 0 Å². The Morgan fingerprint density at radius 1 is 0.500 bits per heavy atom. The molecule has 4 fully saturated rings. The molecule has 3 heterocycles. The van der Waals surface area contributed by atoms with Gasteiger partial charge in [0.25, 0.3) is 6.71 Å². The molecular formula is C70H69BN2O. The number of nitrogens with zero attached hydrogens (tertiary/aromatic N) is 2. The van der Waals surface area contributed by atoms with Gasteiger partial charge in [-0.05, 0) is 200 Å². The maximum absolute atomic E-state index is 9.98. The fourth-order valence-electron chi connectivity index (χ4n) is 13.9. The minimum absolute atomic E-state index is 0.0440. The largest absolute Gasteiger partial charge is 0.458 e. The number of ether oxygens (including phenoxy) is 1. The van der Waals surface area contributed by atoms with E-state index >= 15 is 0 Å². The Morgan fingerprint density at radius 2 is 1.04 bits per heavy atom. The van der Waals surface area contributed by atoms with Gasteiger partial charge in [0.2, 0.25) is 0 Å². The Labute approximate surface area is 462 Å². The molecule has 6 aliphatic rings. The summed E-state index contributed by atoms with van der Waals surface area (Å²) in [6.45, 7) is 17.0. The van der Waals surface area contributed by atoms with Crippen LogP contribution in [-0.2, 0) is 16.2 Å². The SMILES string of the molecule is [2H]c1c([2H])c([2H])c(-c2cc3c(cc2-c2c([2H])c([2H])c([2H])c([2H])c2[2H])N(C24CC5CC(CC(C5)C2)C4)c2cc(-c4ccc(C(C)(C)C)cc4)cc4c2B3c2cc(-n3c5c([2H])c([2H])c(C(C)(C)C)c([2H])c5c5c([2H])c(C(C)(C)C)c([2H])c([2H])c53)ccc2O4)c([2H])c1[2H]. The molecule has 3 nitrogen and oxygen atoms in total. The molecule has 4 saturated carbocycles. The predicted molar refractivity (Wildman–Crippen MR) is 314 cm³/mol. The topological polar surface area (TPSA) is 17.4 Å². The van der Waals surface area contributed by atoms with Crippen LogP contribution in [0.3, 0.4) is 0 Å². The molecule has 0 spiro atoms. The lowest BCUT2D eigenvalue weighted by Crippen LogP contribution is -2.66. The normalized spacial score (nSPS) is 23.7. The highest BCUT2D eigenvalue weighted by Crippen LogP contribution is 2.61. The third kappa shape index (κ3) is 7.21. The number of aromatic nitrogens is 1. The lowest BCUT2D eigenvalue weighted by atomic mass is 9.33. The molecule has 8 aromatic carbocycles. The van der Waals surface area contributed by atoms with Gasteiger partial charge < -0.3 is 14.2 Å². The van der Waals surface area contributed by atoms with Gasteiger partial charge in [0.1, 0.15) is 11.5 Å². The van der Waals surface area contributed by atoms with E-state index in [-0.39, 0.29) is 85.7 Å². The molecule has 9 aromatic rings. The van der Waals surface area contributed by atoms with Crippen molar-refractivity contribution in [3.8, 4) is 50.6 Å². The molecule has 4 aliphatic carbocycles. The van der Waals surface area contributed by atoms with Crippen LogP contribution < -0.4 is 26.0 Å². The number of anilines is 2. The second kappa shape index (κ2) is 16.1. The van der Waals surface area contributed by atoms with Gasteiger partial charge >= 0.3 is 0 Å². The number of fused-ring (bicyclic) bond motifs is 7. The Kier molecular flexibility index (Phi) is 6.93. The van der Waals surface area contributed by atoms with Crippen LogP contribution in [0.25, 0.3) is 60.9 Å². The van der Waals surface area contributed by atoms with E-state index in [0.717, 1.165) is 66.4 Å². The molecule has 0 radical (unpaired) electrons. The van der Waals surface area contributed by atoms with Crippen LogP contribution in [0, 0.1) is 17.8 Å². The zero-order valence-electron chi connectivity index (χ0n) is 59.7. The zero-order chi connectivity index (χ0) is 64.6. The van der Waals surface area contributed by atoms with Gasteiger partial charge in [-0.1, -0.05) is 165 Å². The van der Waals surface area contributed by atoms with Crippen molar-refractivity contribution in [3.63, 3.8) is 0 Å². The van der Waals surface area contributed by atoms with Crippen molar-refractivity contribution in [3.05, 3.63) is 180 Å². The Bertz CT molecular complexity index is 4520. The molecule has 0 saturated heterocycles. The highest BCUT2D eigenvalue weighted by molar-refractivity contribution is 6.99. The molecule has 74 heavy (non-hydrogen) atoms. The molecule has 2 aliphatic heterocycles. The molecule has 0 atom stereocenters. The van der Waals surface area contributed by atoms with E-state index in [4.69, 9.17) is 13.0 Å². The van der Waals surface area contributed by atoms with Crippen molar-refractivity contribution >= 4 is 56.3 Å². The van der Waals surface area contributed by atoms with Crippen molar-refractivity contribution < 1.29 is 26.7 Å². The van der Waals surface area contributed by atoms with Crippen LogP contribution in [0.5, 0.6) is 11.5 Å². The maximum atomic E-state index is 9.98. The average Bonchev–Trinajstić information content (AvgIpc) is 0.873. The van der Waals surface area contributed by atoms with Crippen molar-refractivity contribution in [2.24, 2.45) is 17.8 Å². The molecule has 15 rings (SSSR count). The molecule has 0 amide bonds. The summed E-state index contributed by atoms with van der Waals surface area (Å²) < 4.78 is 160. The Morgan fingerprint density at radius 3 is 1.58 bits per heavy atom. The van der Waals surface area contributed by atoms with Crippen LogP contribution in [0.4, 0.5) is 11.4 Å².